The van der Waals surface area contributed by atoms with Crippen molar-refractivity contribution >= 4 is 15.8 Å². The van der Waals surface area contributed by atoms with E-state index in [0.29, 0.717) is 25.7 Å². The van der Waals surface area contributed by atoms with E-state index >= 15 is 0 Å². The minimum atomic E-state index is -4.00. The number of nitrogens with one attached hydrogen (secondary N) is 1. The Kier molecular flexibility index (Phi) is 3.78. The van der Waals surface area contributed by atoms with Crippen LogP contribution in [0.5, 0.6) is 0 Å². The third-order valence-corrected chi connectivity index (χ3v) is 7.76. The van der Waals surface area contributed by atoms with Gasteiger partial charge in [0, 0.05) is 27.6 Å². The molecule has 10 heteroatoms. The van der Waals surface area contributed by atoms with Crippen molar-refractivity contribution in [2.45, 2.75) is 43.0 Å². The molecule has 2 heterocycles. The third kappa shape index (κ3) is 3.30. The standard InChI is InChI=1S/C22H21N7O2S/c1-14-3-4-15(32(30,31)29-22-6-5-21(11-22,12-22)13-23)9-16(14)17-10-27-19(24)18(28-17)20-25-7-2-8-26-20/h2-4,7-10,29H,5-6,11-12H2,1H3,(H2,24,27)/i1D3. The highest BCUT2D eigenvalue weighted by molar-refractivity contribution is 7.89. The molecule has 3 fully saturated rings. The topological polar surface area (TPSA) is 148 Å². The number of hydrogen-bond donors (Lipinski definition) is 2. The first-order chi connectivity index (χ1) is 16.5. The monoisotopic (exact) mass is 450 g/mol. The predicted molar refractivity (Wildman–Crippen MR) is 117 cm³/mol. The number of rotatable bonds is 5. The molecule has 6 rings (SSSR count). The van der Waals surface area contributed by atoms with Gasteiger partial charge in [-0.25, -0.2) is 33.1 Å². The second kappa shape index (κ2) is 7.05. The lowest BCUT2D eigenvalue weighted by Crippen LogP contribution is -2.55. The highest BCUT2D eigenvalue weighted by Gasteiger charge is 2.62. The maximum absolute atomic E-state index is 13.3. The minimum absolute atomic E-state index is 0.0483. The molecule has 0 radical (unpaired) electrons. The molecule has 0 amide bonds. The van der Waals surface area contributed by atoms with Gasteiger partial charge in [-0.1, -0.05) is 6.07 Å². The van der Waals surface area contributed by atoms with Crippen molar-refractivity contribution in [3.8, 4) is 28.8 Å². The zero-order chi connectivity index (χ0) is 25.1. The fourth-order valence-electron chi connectivity index (χ4n) is 4.69. The molecule has 0 saturated heterocycles. The van der Waals surface area contributed by atoms with Gasteiger partial charge in [0.1, 0.15) is 0 Å². The van der Waals surface area contributed by atoms with Gasteiger partial charge in [-0.15, -0.1) is 0 Å². The lowest BCUT2D eigenvalue weighted by molar-refractivity contribution is 0.161. The Balaban J connectivity index is 1.57. The van der Waals surface area contributed by atoms with E-state index in [2.05, 4.69) is 30.7 Å². The van der Waals surface area contributed by atoms with Crippen LogP contribution < -0.4 is 10.5 Å². The summed E-state index contributed by atoms with van der Waals surface area (Å²) in [6.07, 6.45) is 6.49. The summed E-state index contributed by atoms with van der Waals surface area (Å²) in [5, 5.41) is 9.38. The fraction of sp³-hybridized carbons (Fsp3) is 0.318. The highest BCUT2D eigenvalue weighted by atomic mass is 32.2. The van der Waals surface area contributed by atoms with Crippen LogP contribution in [0.3, 0.4) is 0 Å². The summed E-state index contributed by atoms with van der Waals surface area (Å²) in [4.78, 5) is 16.7. The second-order valence-electron chi connectivity index (χ2n) is 8.40. The number of aryl methyl sites for hydroxylation is 1. The van der Waals surface area contributed by atoms with Gasteiger partial charge in [-0.05, 0) is 56.3 Å². The van der Waals surface area contributed by atoms with E-state index in [1.807, 2.05) is 0 Å². The van der Waals surface area contributed by atoms with E-state index in [0.717, 1.165) is 0 Å². The number of fused-ring (bicyclic) bond motifs is 1. The number of hydrogen-bond acceptors (Lipinski definition) is 8. The molecule has 2 aromatic heterocycles. The first-order valence-corrected chi connectivity index (χ1v) is 11.4. The number of nitrogens with zero attached hydrogens (tertiary/aromatic N) is 5. The van der Waals surface area contributed by atoms with Gasteiger partial charge in [0.25, 0.3) is 0 Å². The predicted octanol–water partition coefficient (Wildman–Crippen LogP) is 2.61. The molecule has 2 bridgehead atoms. The van der Waals surface area contributed by atoms with E-state index in [9.17, 15) is 13.7 Å². The van der Waals surface area contributed by atoms with E-state index in [4.69, 9.17) is 9.85 Å². The lowest BCUT2D eigenvalue weighted by atomic mass is 9.66. The molecular formula is C22H21N7O2S. The molecule has 1 aromatic carbocycles. The van der Waals surface area contributed by atoms with Gasteiger partial charge < -0.3 is 5.73 Å². The maximum Gasteiger partial charge on any atom is 0.241 e. The zero-order valence-corrected chi connectivity index (χ0v) is 17.7. The van der Waals surface area contributed by atoms with Crippen molar-refractivity contribution in [3.05, 3.63) is 48.4 Å². The zero-order valence-electron chi connectivity index (χ0n) is 19.9. The summed E-state index contributed by atoms with van der Waals surface area (Å²) in [7, 11) is -4.00. The Labute approximate surface area is 190 Å². The average molecular weight is 451 g/mol. The molecule has 3 saturated carbocycles. The summed E-state index contributed by atoms with van der Waals surface area (Å²) in [5.74, 6) is 0.249. The van der Waals surface area contributed by atoms with E-state index < -0.39 is 27.8 Å². The Morgan fingerprint density at radius 3 is 2.69 bits per heavy atom. The Morgan fingerprint density at radius 1 is 1.22 bits per heavy atom. The van der Waals surface area contributed by atoms with Crippen LogP contribution >= 0.6 is 0 Å². The Morgan fingerprint density at radius 2 is 2.00 bits per heavy atom. The molecule has 0 spiro atoms. The molecular weight excluding hydrogens is 426 g/mol. The summed E-state index contributed by atoms with van der Waals surface area (Å²) in [5.41, 5.74) is 5.14. The number of nitrogens with two attached hydrogens (primary N) is 1. The van der Waals surface area contributed by atoms with Gasteiger partial charge in [-0.2, -0.15) is 5.26 Å². The normalized spacial score (nSPS) is 25.8. The summed E-state index contributed by atoms with van der Waals surface area (Å²) < 4.78 is 53.2. The van der Waals surface area contributed by atoms with E-state index in [-0.39, 0.29) is 39.1 Å². The van der Waals surface area contributed by atoms with Crippen LogP contribution in [0, 0.1) is 23.6 Å². The first-order valence-electron chi connectivity index (χ1n) is 11.5. The SMILES string of the molecule is [2H]C([2H])([2H])c1ccc(S(=O)(=O)NC23CCC(C#N)(C2)C3)cc1-c1cnc(N)c(-c2ncccn2)n1. The van der Waals surface area contributed by atoms with Gasteiger partial charge >= 0.3 is 0 Å². The average Bonchev–Trinajstić information content (AvgIpc) is 3.34. The Bertz CT molecular complexity index is 1460. The summed E-state index contributed by atoms with van der Waals surface area (Å²) in [6.45, 7) is -2.54. The van der Waals surface area contributed by atoms with Crippen LogP contribution in [0.2, 0.25) is 0 Å². The third-order valence-electron chi connectivity index (χ3n) is 6.18. The largest absolute Gasteiger partial charge is 0.382 e. The van der Waals surface area contributed by atoms with Crippen LogP contribution in [0.1, 0.15) is 35.4 Å². The smallest absolute Gasteiger partial charge is 0.241 e. The number of sulfonamides is 1. The van der Waals surface area contributed by atoms with Gasteiger partial charge in [0.2, 0.25) is 10.0 Å². The van der Waals surface area contributed by atoms with Crippen LogP contribution in [-0.2, 0) is 10.0 Å². The first kappa shape index (κ1) is 17.2. The number of nitriles is 1. The van der Waals surface area contributed by atoms with Crippen LogP contribution in [0.15, 0.2) is 47.8 Å². The molecule has 3 aliphatic rings. The molecule has 0 atom stereocenters. The van der Waals surface area contributed by atoms with Crippen molar-refractivity contribution in [2.24, 2.45) is 5.41 Å². The van der Waals surface area contributed by atoms with E-state index in [1.165, 1.54) is 36.8 Å². The van der Waals surface area contributed by atoms with Crippen LogP contribution in [-0.4, -0.2) is 33.9 Å². The lowest BCUT2D eigenvalue weighted by Gasteiger charge is -2.43. The van der Waals surface area contributed by atoms with Crippen molar-refractivity contribution in [1.82, 2.24) is 24.7 Å². The van der Waals surface area contributed by atoms with Crippen molar-refractivity contribution in [1.29, 1.82) is 5.26 Å². The number of aromatic nitrogens is 4. The second-order valence-corrected chi connectivity index (χ2v) is 10.1. The Hall–Kier alpha value is -3.42. The molecule has 0 aliphatic heterocycles. The summed E-state index contributed by atoms with van der Waals surface area (Å²) >= 11 is 0. The summed E-state index contributed by atoms with van der Waals surface area (Å²) in [6, 6.07) is 7.73. The quantitative estimate of drug-likeness (QED) is 0.603. The van der Waals surface area contributed by atoms with Gasteiger partial charge in [0.05, 0.1) is 28.3 Å². The van der Waals surface area contributed by atoms with E-state index in [1.54, 1.807) is 6.07 Å². The van der Waals surface area contributed by atoms with Crippen LogP contribution in [0.4, 0.5) is 5.82 Å². The molecule has 32 heavy (non-hydrogen) atoms. The number of nitrogen functional groups attached to an aromatic ring is 1. The minimum Gasteiger partial charge on any atom is -0.382 e. The molecule has 9 nitrogen and oxygen atoms in total. The highest BCUT2D eigenvalue weighted by Crippen LogP contribution is 2.61. The van der Waals surface area contributed by atoms with Gasteiger partial charge in [0.15, 0.2) is 17.3 Å². The molecule has 162 valence electrons. The van der Waals surface area contributed by atoms with Crippen molar-refractivity contribution in [2.75, 3.05) is 5.73 Å². The fourth-order valence-corrected chi connectivity index (χ4v) is 6.15. The molecule has 3 aliphatic carbocycles. The van der Waals surface area contributed by atoms with Crippen molar-refractivity contribution < 1.29 is 12.5 Å². The molecule has 0 unspecified atom stereocenters. The molecule has 3 N–H and O–H groups in total. The number of anilines is 1. The van der Waals surface area contributed by atoms with Gasteiger partial charge in [-0.3, -0.25) is 0 Å². The van der Waals surface area contributed by atoms with Crippen molar-refractivity contribution in [3.63, 3.8) is 0 Å². The maximum atomic E-state index is 13.3. The molecule has 3 aromatic rings. The van der Waals surface area contributed by atoms with Crippen LogP contribution in [0.25, 0.3) is 22.8 Å². The number of benzene rings is 1.